The third kappa shape index (κ3) is 6.13. The van der Waals surface area contributed by atoms with E-state index < -0.39 is 0 Å². The summed E-state index contributed by atoms with van der Waals surface area (Å²) in [5, 5.41) is 3.41. The summed E-state index contributed by atoms with van der Waals surface area (Å²) in [6.45, 7) is 12.9. The summed E-state index contributed by atoms with van der Waals surface area (Å²) >= 11 is 0. The number of rotatable bonds is 9. The molecule has 1 N–H and O–H groups in total. The molecule has 0 rings (SSSR count). The fourth-order valence-corrected chi connectivity index (χ4v) is 1.90. The summed E-state index contributed by atoms with van der Waals surface area (Å²) in [6.07, 6.45) is 1.20. The van der Waals surface area contributed by atoms with Gasteiger partial charge in [0.1, 0.15) is 0 Å². The fourth-order valence-electron chi connectivity index (χ4n) is 1.90. The molecule has 0 saturated heterocycles. The van der Waals surface area contributed by atoms with Crippen molar-refractivity contribution in [2.24, 2.45) is 0 Å². The van der Waals surface area contributed by atoms with Gasteiger partial charge in [0.05, 0.1) is 6.61 Å². The number of methoxy groups -OCH3 is 1. The van der Waals surface area contributed by atoms with Gasteiger partial charge in [0, 0.05) is 25.7 Å². The molecule has 0 aliphatic heterocycles. The Morgan fingerprint density at radius 2 is 1.93 bits per heavy atom. The number of hydrogen-bond acceptors (Lipinski definition) is 3. The standard InChI is InChI=1S/C12H28N2O/c1-6-8-14(11(3)4)12(10-15-5)9-13-7-2/h11-13H,6-10H2,1-5H3. The van der Waals surface area contributed by atoms with Crippen LogP contribution in [0.5, 0.6) is 0 Å². The Labute approximate surface area is 95.2 Å². The number of likely N-dealkylation sites (N-methyl/N-ethyl adjacent to an activating group) is 1. The molecular formula is C12H28N2O. The molecule has 15 heavy (non-hydrogen) atoms. The minimum atomic E-state index is 0.495. The predicted octanol–water partition coefficient (Wildman–Crippen LogP) is 1.73. The summed E-state index contributed by atoms with van der Waals surface area (Å²) in [6, 6.07) is 1.08. The average Bonchev–Trinajstić information content (AvgIpc) is 2.21. The van der Waals surface area contributed by atoms with Gasteiger partial charge in [-0.05, 0) is 33.4 Å². The van der Waals surface area contributed by atoms with Gasteiger partial charge in [-0.1, -0.05) is 13.8 Å². The van der Waals surface area contributed by atoms with Crippen LogP contribution in [-0.2, 0) is 4.74 Å². The highest BCUT2D eigenvalue weighted by Crippen LogP contribution is 2.06. The first-order chi connectivity index (χ1) is 7.17. The molecule has 0 spiro atoms. The SMILES string of the molecule is CCCN(C(C)C)C(CNCC)COC. The molecule has 0 aromatic heterocycles. The largest absolute Gasteiger partial charge is 0.383 e. The van der Waals surface area contributed by atoms with E-state index in [1.165, 1.54) is 6.42 Å². The van der Waals surface area contributed by atoms with Crippen LogP contribution in [0.15, 0.2) is 0 Å². The number of nitrogens with zero attached hydrogens (tertiary/aromatic N) is 1. The van der Waals surface area contributed by atoms with E-state index in [0.29, 0.717) is 12.1 Å². The first-order valence-corrected chi connectivity index (χ1v) is 6.12. The van der Waals surface area contributed by atoms with Crippen molar-refractivity contribution in [1.82, 2.24) is 10.2 Å². The van der Waals surface area contributed by atoms with Crippen LogP contribution in [0.3, 0.4) is 0 Å². The van der Waals surface area contributed by atoms with Crippen molar-refractivity contribution in [3.8, 4) is 0 Å². The maximum atomic E-state index is 5.30. The van der Waals surface area contributed by atoms with Crippen LogP contribution in [0.4, 0.5) is 0 Å². The lowest BCUT2D eigenvalue weighted by Gasteiger charge is -2.34. The molecule has 0 radical (unpaired) electrons. The van der Waals surface area contributed by atoms with Crippen molar-refractivity contribution in [3.63, 3.8) is 0 Å². The van der Waals surface area contributed by atoms with Crippen molar-refractivity contribution in [2.45, 2.75) is 46.2 Å². The molecule has 92 valence electrons. The zero-order valence-electron chi connectivity index (χ0n) is 11.0. The van der Waals surface area contributed by atoms with Gasteiger partial charge < -0.3 is 10.1 Å². The van der Waals surface area contributed by atoms with E-state index in [2.05, 4.69) is 37.9 Å². The van der Waals surface area contributed by atoms with Gasteiger partial charge in [0.2, 0.25) is 0 Å². The highest BCUT2D eigenvalue weighted by molar-refractivity contribution is 4.76. The lowest BCUT2D eigenvalue weighted by molar-refractivity contribution is 0.0697. The number of hydrogen-bond donors (Lipinski definition) is 1. The second kappa shape index (κ2) is 9.13. The average molecular weight is 216 g/mol. The van der Waals surface area contributed by atoms with Crippen LogP contribution in [-0.4, -0.2) is 50.3 Å². The van der Waals surface area contributed by atoms with E-state index >= 15 is 0 Å². The smallest absolute Gasteiger partial charge is 0.0630 e. The Kier molecular flexibility index (Phi) is 9.06. The summed E-state index contributed by atoms with van der Waals surface area (Å²) in [5.74, 6) is 0. The molecule has 3 heteroatoms. The quantitative estimate of drug-likeness (QED) is 0.635. The van der Waals surface area contributed by atoms with E-state index in [4.69, 9.17) is 4.74 Å². The molecule has 3 nitrogen and oxygen atoms in total. The van der Waals surface area contributed by atoms with Crippen molar-refractivity contribution in [1.29, 1.82) is 0 Å². The number of nitrogens with one attached hydrogen (secondary N) is 1. The third-order valence-corrected chi connectivity index (χ3v) is 2.60. The molecule has 0 aliphatic carbocycles. The van der Waals surface area contributed by atoms with Crippen LogP contribution in [0.1, 0.15) is 34.1 Å². The van der Waals surface area contributed by atoms with E-state index in [9.17, 15) is 0 Å². The van der Waals surface area contributed by atoms with Crippen LogP contribution in [0, 0.1) is 0 Å². The van der Waals surface area contributed by atoms with Crippen molar-refractivity contribution in [2.75, 3.05) is 33.4 Å². The molecule has 0 amide bonds. The minimum Gasteiger partial charge on any atom is -0.383 e. The van der Waals surface area contributed by atoms with Gasteiger partial charge in [-0.3, -0.25) is 4.90 Å². The van der Waals surface area contributed by atoms with E-state index in [0.717, 1.165) is 26.2 Å². The van der Waals surface area contributed by atoms with Crippen molar-refractivity contribution in [3.05, 3.63) is 0 Å². The number of ether oxygens (including phenoxy) is 1. The molecule has 0 aromatic carbocycles. The highest BCUT2D eigenvalue weighted by Gasteiger charge is 2.19. The molecule has 1 atom stereocenters. The Morgan fingerprint density at radius 3 is 2.33 bits per heavy atom. The molecular weight excluding hydrogens is 188 g/mol. The molecule has 0 fully saturated rings. The second-order valence-corrected chi connectivity index (χ2v) is 4.25. The summed E-state index contributed by atoms with van der Waals surface area (Å²) in [5.41, 5.74) is 0. The summed E-state index contributed by atoms with van der Waals surface area (Å²) in [4.78, 5) is 2.52. The van der Waals surface area contributed by atoms with Crippen LogP contribution < -0.4 is 5.32 Å². The van der Waals surface area contributed by atoms with Crippen molar-refractivity contribution >= 4 is 0 Å². The van der Waals surface area contributed by atoms with Gasteiger partial charge in [-0.15, -0.1) is 0 Å². The zero-order chi connectivity index (χ0) is 11.7. The van der Waals surface area contributed by atoms with Crippen molar-refractivity contribution < 1.29 is 4.74 Å². The molecule has 0 saturated carbocycles. The monoisotopic (exact) mass is 216 g/mol. The van der Waals surface area contributed by atoms with E-state index in [1.807, 2.05) is 0 Å². The summed E-state index contributed by atoms with van der Waals surface area (Å²) in [7, 11) is 1.78. The highest BCUT2D eigenvalue weighted by atomic mass is 16.5. The predicted molar refractivity (Wildman–Crippen MR) is 66.3 cm³/mol. The lowest BCUT2D eigenvalue weighted by Crippen LogP contribution is -2.48. The molecule has 0 aliphatic rings. The van der Waals surface area contributed by atoms with Gasteiger partial charge in [-0.25, -0.2) is 0 Å². The first-order valence-electron chi connectivity index (χ1n) is 6.12. The maximum Gasteiger partial charge on any atom is 0.0630 e. The fraction of sp³-hybridized carbons (Fsp3) is 1.00. The molecule has 0 bridgehead atoms. The van der Waals surface area contributed by atoms with Gasteiger partial charge in [-0.2, -0.15) is 0 Å². The lowest BCUT2D eigenvalue weighted by atomic mass is 10.2. The van der Waals surface area contributed by atoms with Crippen LogP contribution in [0.2, 0.25) is 0 Å². The maximum absolute atomic E-state index is 5.30. The third-order valence-electron chi connectivity index (χ3n) is 2.60. The van der Waals surface area contributed by atoms with Crippen LogP contribution in [0.25, 0.3) is 0 Å². The van der Waals surface area contributed by atoms with Gasteiger partial charge >= 0.3 is 0 Å². The van der Waals surface area contributed by atoms with E-state index in [-0.39, 0.29) is 0 Å². The van der Waals surface area contributed by atoms with E-state index in [1.54, 1.807) is 7.11 Å². The second-order valence-electron chi connectivity index (χ2n) is 4.25. The van der Waals surface area contributed by atoms with Gasteiger partial charge in [0.25, 0.3) is 0 Å². The molecule has 0 heterocycles. The summed E-state index contributed by atoms with van der Waals surface area (Å²) < 4.78 is 5.30. The Bertz CT molecular complexity index is 140. The normalized spacial score (nSPS) is 13.8. The Morgan fingerprint density at radius 1 is 1.27 bits per heavy atom. The van der Waals surface area contributed by atoms with Crippen LogP contribution >= 0.6 is 0 Å². The Balaban J connectivity index is 4.23. The molecule has 1 unspecified atom stereocenters. The minimum absolute atomic E-state index is 0.495. The Hall–Kier alpha value is -0.120. The topological polar surface area (TPSA) is 24.5 Å². The van der Waals surface area contributed by atoms with Gasteiger partial charge in [0.15, 0.2) is 0 Å². The molecule has 0 aromatic rings. The zero-order valence-corrected chi connectivity index (χ0v) is 11.0. The first kappa shape index (κ1) is 14.9.